The Morgan fingerprint density at radius 3 is 2.47 bits per heavy atom. The minimum atomic E-state index is -3.48. The number of sulfonamides is 1. The van der Waals surface area contributed by atoms with Gasteiger partial charge in [-0.2, -0.15) is 0 Å². The van der Waals surface area contributed by atoms with E-state index in [4.69, 9.17) is 0 Å². The Kier molecular flexibility index (Phi) is 6.52. The average Bonchev–Trinajstić information content (AvgIpc) is 2.42. The number of hydrogen-bond acceptors (Lipinski definition) is 3. The van der Waals surface area contributed by atoms with Crippen LogP contribution in [0.15, 0.2) is 35.2 Å². The van der Waals surface area contributed by atoms with Gasteiger partial charge in [0.2, 0.25) is 15.9 Å². The number of carbonyl (C=O) groups is 1. The zero-order valence-electron chi connectivity index (χ0n) is 11.1. The number of unbranched alkanes of at least 4 members (excludes halogenated alkanes) is 1. The van der Waals surface area contributed by atoms with Gasteiger partial charge in [0, 0.05) is 19.5 Å². The van der Waals surface area contributed by atoms with Crippen molar-refractivity contribution < 1.29 is 13.2 Å². The second-order valence-electron chi connectivity index (χ2n) is 4.16. The summed E-state index contributed by atoms with van der Waals surface area (Å²) in [6.45, 7) is 2.50. The van der Waals surface area contributed by atoms with E-state index in [2.05, 4.69) is 10.0 Å². The van der Waals surface area contributed by atoms with E-state index < -0.39 is 10.0 Å². The minimum Gasteiger partial charge on any atom is -0.355 e. The Morgan fingerprint density at radius 1 is 1.16 bits per heavy atom. The molecule has 5 nitrogen and oxygen atoms in total. The van der Waals surface area contributed by atoms with Crippen molar-refractivity contribution in [2.45, 2.75) is 31.1 Å². The van der Waals surface area contributed by atoms with Crippen LogP contribution in [0.4, 0.5) is 0 Å². The smallest absolute Gasteiger partial charge is 0.240 e. The van der Waals surface area contributed by atoms with Crippen LogP contribution in [0.2, 0.25) is 0 Å². The highest BCUT2D eigenvalue weighted by atomic mass is 32.2. The maximum Gasteiger partial charge on any atom is 0.240 e. The Morgan fingerprint density at radius 2 is 1.84 bits per heavy atom. The van der Waals surface area contributed by atoms with E-state index >= 15 is 0 Å². The third kappa shape index (κ3) is 5.85. The molecule has 0 aliphatic heterocycles. The molecule has 1 rings (SSSR count). The third-order valence-electron chi connectivity index (χ3n) is 2.55. The third-order valence-corrected chi connectivity index (χ3v) is 4.03. The summed E-state index contributed by atoms with van der Waals surface area (Å²) in [5, 5.41) is 2.68. The normalized spacial score (nSPS) is 11.2. The zero-order chi connectivity index (χ0) is 14.1. The molecule has 0 fully saturated rings. The summed E-state index contributed by atoms with van der Waals surface area (Å²) in [7, 11) is -3.48. The lowest BCUT2D eigenvalue weighted by atomic mass is 10.2. The number of benzene rings is 1. The molecule has 106 valence electrons. The highest BCUT2D eigenvalue weighted by molar-refractivity contribution is 7.89. The van der Waals surface area contributed by atoms with Crippen LogP contribution in [0.5, 0.6) is 0 Å². The number of carbonyl (C=O) groups excluding carboxylic acids is 1. The van der Waals surface area contributed by atoms with E-state index in [0.717, 1.165) is 12.8 Å². The second-order valence-corrected chi connectivity index (χ2v) is 5.93. The van der Waals surface area contributed by atoms with Gasteiger partial charge in [-0.15, -0.1) is 0 Å². The van der Waals surface area contributed by atoms with Gasteiger partial charge in [-0.05, 0) is 18.6 Å². The van der Waals surface area contributed by atoms with Crippen LogP contribution in [0, 0.1) is 0 Å². The minimum absolute atomic E-state index is 0.0410. The molecule has 1 aromatic rings. The maximum absolute atomic E-state index is 11.8. The molecule has 0 saturated carbocycles. The molecule has 6 heteroatoms. The summed E-state index contributed by atoms with van der Waals surface area (Å²) in [4.78, 5) is 11.5. The zero-order valence-corrected chi connectivity index (χ0v) is 11.9. The van der Waals surface area contributed by atoms with Gasteiger partial charge in [-0.25, -0.2) is 13.1 Å². The highest BCUT2D eigenvalue weighted by Gasteiger charge is 2.12. The molecule has 0 atom stereocenters. The summed E-state index contributed by atoms with van der Waals surface area (Å²) < 4.78 is 26.1. The number of nitrogens with one attached hydrogen (secondary N) is 2. The Labute approximate surface area is 114 Å². The van der Waals surface area contributed by atoms with Gasteiger partial charge in [-0.1, -0.05) is 31.5 Å². The molecule has 0 saturated heterocycles. The summed E-state index contributed by atoms with van der Waals surface area (Å²) in [5.74, 6) is -0.0410. The van der Waals surface area contributed by atoms with Crippen molar-refractivity contribution >= 4 is 15.9 Å². The van der Waals surface area contributed by atoms with Gasteiger partial charge in [0.25, 0.3) is 0 Å². The molecule has 0 heterocycles. The predicted molar refractivity (Wildman–Crippen MR) is 74.2 cm³/mol. The van der Waals surface area contributed by atoms with E-state index in [1.54, 1.807) is 18.2 Å². The first kappa shape index (κ1) is 15.7. The van der Waals surface area contributed by atoms with Crippen LogP contribution < -0.4 is 10.0 Å². The van der Waals surface area contributed by atoms with Crippen LogP contribution in [-0.4, -0.2) is 27.4 Å². The van der Waals surface area contributed by atoms with Crippen molar-refractivity contribution in [1.82, 2.24) is 10.0 Å². The number of amides is 1. The lowest BCUT2D eigenvalue weighted by Crippen LogP contribution is -2.34. The van der Waals surface area contributed by atoms with E-state index in [1.807, 2.05) is 6.92 Å². The Balaban J connectivity index is 2.31. The van der Waals surface area contributed by atoms with Gasteiger partial charge in [0.1, 0.15) is 0 Å². The quantitative estimate of drug-likeness (QED) is 0.706. The molecule has 0 aliphatic carbocycles. The lowest BCUT2D eigenvalue weighted by Gasteiger charge is -2.07. The molecule has 0 aliphatic rings. The average molecular weight is 284 g/mol. The van der Waals surface area contributed by atoms with Gasteiger partial charge >= 0.3 is 0 Å². The number of rotatable bonds is 8. The van der Waals surface area contributed by atoms with Gasteiger partial charge in [-0.3, -0.25) is 4.79 Å². The van der Waals surface area contributed by atoms with Gasteiger partial charge in [0.05, 0.1) is 4.90 Å². The first-order chi connectivity index (χ1) is 9.06. The Bertz CT molecular complexity index is 486. The summed E-state index contributed by atoms with van der Waals surface area (Å²) >= 11 is 0. The molecule has 1 aromatic carbocycles. The highest BCUT2D eigenvalue weighted by Crippen LogP contribution is 2.06. The van der Waals surface area contributed by atoms with E-state index in [9.17, 15) is 13.2 Å². The molecule has 0 spiro atoms. The molecular weight excluding hydrogens is 264 g/mol. The molecule has 0 radical (unpaired) electrons. The van der Waals surface area contributed by atoms with Crippen LogP contribution >= 0.6 is 0 Å². The summed E-state index contributed by atoms with van der Waals surface area (Å²) in [6, 6.07) is 8.15. The molecule has 0 aromatic heterocycles. The largest absolute Gasteiger partial charge is 0.355 e. The van der Waals surface area contributed by atoms with E-state index in [1.165, 1.54) is 12.1 Å². The van der Waals surface area contributed by atoms with Crippen molar-refractivity contribution in [3.8, 4) is 0 Å². The van der Waals surface area contributed by atoms with Crippen LogP contribution in [-0.2, 0) is 14.8 Å². The van der Waals surface area contributed by atoms with Crippen LogP contribution in [0.25, 0.3) is 0 Å². The molecular formula is C13H20N2O3S. The lowest BCUT2D eigenvalue weighted by molar-refractivity contribution is -0.121. The summed E-state index contributed by atoms with van der Waals surface area (Å²) in [6.07, 6.45) is 2.30. The van der Waals surface area contributed by atoms with E-state index in [0.29, 0.717) is 13.0 Å². The van der Waals surface area contributed by atoms with Gasteiger partial charge in [0.15, 0.2) is 0 Å². The molecule has 19 heavy (non-hydrogen) atoms. The van der Waals surface area contributed by atoms with Gasteiger partial charge < -0.3 is 5.32 Å². The van der Waals surface area contributed by atoms with Crippen molar-refractivity contribution in [2.75, 3.05) is 13.1 Å². The molecule has 2 N–H and O–H groups in total. The van der Waals surface area contributed by atoms with Crippen molar-refractivity contribution in [3.05, 3.63) is 30.3 Å². The van der Waals surface area contributed by atoms with Crippen molar-refractivity contribution in [2.24, 2.45) is 0 Å². The fourth-order valence-corrected chi connectivity index (χ4v) is 2.55. The van der Waals surface area contributed by atoms with Crippen LogP contribution in [0.3, 0.4) is 0 Å². The summed E-state index contributed by atoms with van der Waals surface area (Å²) in [5.41, 5.74) is 0. The first-order valence-corrected chi connectivity index (χ1v) is 7.86. The second kappa shape index (κ2) is 7.91. The maximum atomic E-state index is 11.8. The monoisotopic (exact) mass is 284 g/mol. The topological polar surface area (TPSA) is 75.3 Å². The molecule has 0 bridgehead atoms. The standard InChI is InChI=1S/C13H20N2O3S/c1-2-3-9-13(16)14-10-11-15-19(17,18)12-7-5-4-6-8-12/h4-8,15H,2-3,9-11H2,1H3,(H,14,16). The fourth-order valence-electron chi connectivity index (χ4n) is 1.50. The van der Waals surface area contributed by atoms with Crippen molar-refractivity contribution in [1.29, 1.82) is 0 Å². The predicted octanol–water partition coefficient (Wildman–Crippen LogP) is 1.27. The molecule has 0 unspecified atom stereocenters. The SMILES string of the molecule is CCCCC(=O)NCCNS(=O)(=O)c1ccccc1. The van der Waals surface area contributed by atoms with Crippen LogP contribution in [0.1, 0.15) is 26.2 Å². The van der Waals surface area contributed by atoms with Crippen molar-refractivity contribution in [3.63, 3.8) is 0 Å². The fraction of sp³-hybridized carbons (Fsp3) is 0.462. The molecule has 1 amide bonds. The number of hydrogen-bond donors (Lipinski definition) is 2. The first-order valence-electron chi connectivity index (χ1n) is 6.37. The van der Waals surface area contributed by atoms with E-state index in [-0.39, 0.29) is 17.3 Å². The Hall–Kier alpha value is -1.40.